The fourth-order valence-corrected chi connectivity index (χ4v) is 0.947. The maximum absolute atomic E-state index is 11.0. The SMILES string of the molecule is C=CCc1nccnc1C(C)=O. The molecule has 3 heteroatoms. The number of hydrogen-bond donors (Lipinski definition) is 0. The van der Waals surface area contributed by atoms with E-state index in [1.165, 1.54) is 13.1 Å². The fourth-order valence-electron chi connectivity index (χ4n) is 0.947. The van der Waals surface area contributed by atoms with E-state index >= 15 is 0 Å². The average Bonchev–Trinajstić information content (AvgIpc) is 2.05. The first-order valence-electron chi connectivity index (χ1n) is 3.67. The van der Waals surface area contributed by atoms with Crippen LogP contribution in [0.5, 0.6) is 0 Å². The maximum atomic E-state index is 11.0. The van der Waals surface area contributed by atoms with E-state index in [1.807, 2.05) is 0 Å². The normalized spacial score (nSPS) is 9.42. The Kier molecular flexibility index (Phi) is 2.69. The molecule has 0 N–H and O–H groups in total. The molecular weight excluding hydrogens is 152 g/mol. The Morgan fingerprint density at radius 3 is 2.83 bits per heavy atom. The van der Waals surface area contributed by atoms with Crippen LogP contribution >= 0.6 is 0 Å². The number of Topliss-reactive ketones (excluding diaryl/α,β-unsaturated/α-hetero) is 1. The molecule has 0 bridgehead atoms. The van der Waals surface area contributed by atoms with E-state index in [0.717, 1.165) is 0 Å². The largest absolute Gasteiger partial charge is 0.293 e. The maximum Gasteiger partial charge on any atom is 0.179 e. The Labute approximate surface area is 71.2 Å². The van der Waals surface area contributed by atoms with E-state index in [1.54, 1.807) is 12.3 Å². The van der Waals surface area contributed by atoms with Crippen LogP contribution in [0.15, 0.2) is 25.0 Å². The van der Waals surface area contributed by atoms with Gasteiger partial charge in [-0.05, 0) is 0 Å². The molecule has 12 heavy (non-hydrogen) atoms. The molecule has 1 heterocycles. The number of nitrogens with zero attached hydrogens (tertiary/aromatic N) is 2. The number of carbonyl (C=O) groups excluding carboxylic acids is 1. The molecule has 0 unspecified atom stereocenters. The summed E-state index contributed by atoms with van der Waals surface area (Å²) in [6, 6.07) is 0. The summed E-state index contributed by atoms with van der Waals surface area (Å²) >= 11 is 0. The van der Waals surface area contributed by atoms with Crippen molar-refractivity contribution in [1.29, 1.82) is 0 Å². The van der Waals surface area contributed by atoms with Crippen molar-refractivity contribution in [3.63, 3.8) is 0 Å². The van der Waals surface area contributed by atoms with E-state index in [4.69, 9.17) is 0 Å². The molecule has 0 radical (unpaired) electrons. The lowest BCUT2D eigenvalue weighted by Crippen LogP contribution is -2.04. The molecule has 3 nitrogen and oxygen atoms in total. The molecule has 1 rings (SSSR count). The Morgan fingerprint density at radius 1 is 1.58 bits per heavy atom. The molecule has 0 aliphatic carbocycles. The van der Waals surface area contributed by atoms with Crippen molar-refractivity contribution in [2.45, 2.75) is 13.3 Å². The second kappa shape index (κ2) is 3.76. The van der Waals surface area contributed by atoms with Gasteiger partial charge in [0.1, 0.15) is 5.69 Å². The van der Waals surface area contributed by atoms with Gasteiger partial charge in [0.15, 0.2) is 5.78 Å². The van der Waals surface area contributed by atoms with E-state index in [-0.39, 0.29) is 5.78 Å². The zero-order chi connectivity index (χ0) is 8.97. The Hall–Kier alpha value is -1.51. The van der Waals surface area contributed by atoms with Crippen LogP contribution in [-0.2, 0) is 6.42 Å². The molecule has 0 saturated heterocycles. The highest BCUT2D eigenvalue weighted by molar-refractivity contribution is 5.93. The first-order valence-corrected chi connectivity index (χ1v) is 3.67. The molecule has 0 saturated carbocycles. The lowest BCUT2D eigenvalue weighted by Gasteiger charge is -1.99. The zero-order valence-corrected chi connectivity index (χ0v) is 6.95. The van der Waals surface area contributed by atoms with Crippen LogP contribution in [0.3, 0.4) is 0 Å². The van der Waals surface area contributed by atoms with Crippen LogP contribution in [0.2, 0.25) is 0 Å². The van der Waals surface area contributed by atoms with Crippen molar-refractivity contribution in [2.24, 2.45) is 0 Å². The highest BCUT2D eigenvalue weighted by atomic mass is 16.1. The van der Waals surface area contributed by atoms with Gasteiger partial charge in [-0.3, -0.25) is 9.78 Å². The van der Waals surface area contributed by atoms with Gasteiger partial charge in [0.25, 0.3) is 0 Å². The number of carbonyl (C=O) groups is 1. The topological polar surface area (TPSA) is 42.9 Å². The summed E-state index contributed by atoms with van der Waals surface area (Å²) in [4.78, 5) is 19.0. The van der Waals surface area contributed by atoms with E-state index in [0.29, 0.717) is 17.8 Å². The Bertz CT molecular complexity index is 307. The molecular formula is C9H10N2O. The molecule has 0 aliphatic rings. The summed E-state index contributed by atoms with van der Waals surface area (Å²) in [6.07, 6.45) is 5.38. The summed E-state index contributed by atoms with van der Waals surface area (Å²) in [5.41, 5.74) is 1.14. The summed E-state index contributed by atoms with van der Waals surface area (Å²) in [5, 5.41) is 0. The number of ketones is 1. The Morgan fingerprint density at radius 2 is 2.25 bits per heavy atom. The van der Waals surface area contributed by atoms with E-state index in [9.17, 15) is 4.79 Å². The van der Waals surface area contributed by atoms with Crippen molar-refractivity contribution in [3.05, 3.63) is 36.4 Å². The van der Waals surface area contributed by atoms with Gasteiger partial charge >= 0.3 is 0 Å². The third-order valence-corrected chi connectivity index (χ3v) is 1.45. The van der Waals surface area contributed by atoms with Gasteiger partial charge in [-0.1, -0.05) is 6.08 Å². The van der Waals surface area contributed by atoms with Crippen LogP contribution in [0.25, 0.3) is 0 Å². The minimum atomic E-state index is -0.0556. The monoisotopic (exact) mass is 162 g/mol. The molecule has 0 atom stereocenters. The predicted molar refractivity (Wildman–Crippen MR) is 45.9 cm³/mol. The first-order chi connectivity index (χ1) is 5.75. The molecule has 0 spiro atoms. The van der Waals surface area contributed by atoms with Crippen LogP contribution < -0.4 is 0 Å². The third-order valence-electron chi connectivity index (χ3n) is 1.45. The van der Waals surface area contributed by atoms with Crippen LogP contribution in [0.4, 0.5) is 0 Å². The minimum Gasteiger partial charge on any atom is -0.293 e. The summed E-state index contributed by atoms with van der Waals surface area (Å²) in [6.45, 7) is 5.06. The smallest absolute Gasteiger partial charge is 0.179 e. The highest BCUT2D eigenvalue weighted by Crippen LogP contribution is 2.03. The van der Waals surface area contributed by atoms with Crippen molar-refractivity contribution in [1.82, 2.24) is 9.97 Å². The summed E-state index contributed by atoms with van der Waals surface area (Å²) in [5.74, 6) is -0.0556. The van der Waals surface area contributed by atoms with Gasteiger partial charge in [-0.25, -0.2) is 4.98 Å². The van der Waals surface area contributed by atoms with Gasteiger partial charge in [0.05, 0.1) is 5.69 Å². The fraction of sp³-hybridized carbons (Fsp3) is 0.222. The number of allylic oxidation sites excluding steroid dienone is 1. The molecule has 0 amide bonds. The first kappa shape index (κ1) is 8.59. The predicted octanol–water partition coefficient (Wildman–Crippen LogP) is 1.41. The lowest BCUT2D eigenvalue weighted by molar-refractivity contribution is 0.101. The van der Waals surface area contributed by atoms with Crippen LogP contribution in [0, 0.1) is 0 Å². The van der Waals surface area contributed by atoms with Crippen LogP contribution in [0.1, 0.15) is 23.1 Å². The van der Waals surface area contributed by atoms with Gasteiger partial charge in [-0.2, -0.15) is 0 Å². The van der Waals surface area contributed by atoms with Crippen LogP contribution in [-0.4, -0.2) is 15.8 Å². The van der Waals surface area contributed by atoms with Crippen molar-refractivity contribution in [2.75, 3.05) is 0 Å². The summed E-state index contributed by atoms with van der Waals surface area (Å²) in [7, 11) is 0. The standard InChI is InChI=1S/C9H10N2O/c1-3-4-8-9(7(2)12)11-6-5-10-8/h3,5-6H,1,4H2,2H3. The Balaban J connectivity index is 3.07. The second-order valence-corrected chi connectivity index (χ2v) is 2.40. The quantitative estimate of drug-likeness (QED) is 0.498. The van der Waals surface area contributed by atoms with Gasteiger partial charge < -0.3 is 0 Å². The molecule has 0 aliphatic heterocycles. The average molecular weight is 162 g/mol. The molecule has 1 aromatic heterocycles. The lowest BCUT2D eigenvalue weighted by atomic mass is 10.2. The molecule has 62 valence electrons. The second-order valence-electron chi connectivity index (χ2n) is 2.40. The van der Waals surface area contributed by atoms with E-state index in [2.05, 4.69) is 16.5 Å². The molecule has 0 fully saturated rings. The van der Waals surface area contributed by atoms with Crippen molar-refractivity contribution < 1.29 is 4.79 Å². The molecule has 1 aromatic rings. The molecule has 0 aromatic carbocycles. The number of rotatable bonds is 3. The third kappa shape index (κ3) is 1.75. The highest BCUT2D eigenvalue weighted by Gasteiger charge is 2.06. The van der Waals surface area contributed by atoms with Gasteiger partial charge in [0.2, 0.25) is 0 Å². The van der Waals surface area contributed by atoms with Gasteiger partial charge in [0, 0.05) is 25.7 Å². The van der Waals surface area contributed by atoms with Crippen molar-refractivity contribution in [3.8, 4) is 0 Å². The number of aromatic nitrogens is 2. The van der Waals surface area contributed by atoms with Crippen molar-refractivity contribution >= 4 is 5.78 Å². The zero-order valence-electron chi connectivity index (χ0n) is 6.95. The van der Waals surface area contributed by atoms with E-state index < -0.39 is 0 Å². The minimum absolute atomic E-state index is 0.0556. The van der Waals surface area contributed by atoms with Gasteiger partial charge in [-0.15, -0.1) is 6.58 Å². The summed E-state index contributed by atoms with van der Waals surface area (Å²) < 4.78 is 0. The number of hydrogen-bond acceptors (Lipinski definition) is 3.